The normalized spacial score (nSPS) is 15.5. The quantitative estimate of drug-likeness (QED) is 0.382. The molecular formula is C24H30N2O4S. The number of esters is 1. The van der Waals surface area contributed by atoms with Crippen LogP contribution >= 0.6 is 12.6 Å². The standard InChI is InChI=1S/C19H19NOS.C5H11NO3/c22-19-9-7-17(8-10-19)2-1-16-3-5-18(6-4-16)15-20-11-13-21-14-12-20;1-3(7)4(6)5(8)9-2/h3-10,22H,11-15H2;3-4,7H,6H2,1-2H3. The number of hydrogen-bond donors (Lipinski definition) is 3. The van der Waals surface area contributed by atoms with Crippen LogP contribution in [0.15, 0.2) is 53.4 Å². The van der Waals surface area contributed by atoms with Crippen molar-refractivity contribution < 1.29 is 19.4 Å². The van der Waals surface area contributed by atoms with E-state index < -0.39 is 18.1 Å². The highest BCUT2D eigenvalue weighted by Gasteiger charge is 2.18. The Morgan fingerprint density at radius 3 is 2.10 bits per heavy atom. The zero-order valence-electron chi connectivity index (χ0n) is 18.0. The molecule has 0 saturated carbocycles. The van der Waals surface area contributed by atoms with Crippen LogP contribution < -0.4 is 5.73 Å². The van der Waals surface area contributed by atoms with Gasteiger partial charge in [0.1, 0.15) is 6.04 Å². The molecule has 3 N–H and O–H groups in total. The van der Waals surface area contributed by atoms with E-state index in [9.17, 15) is 4.79 Å². The van der Waals surface area contributed by atoms with E-state index in [1.165, 1.54) is 19.6 Å². The van der Waals surface area contributed by atoms with Gasteiger partial charge in [0.05, 0.1) is 26.4 Å². The fourth-order valence-electron chi connectivity index (χ4n) is 2.73. The minimum Gasteiger partial charge on any atom is -0.468 e. The predicted octanol–water partition coefficient (Wildman–Crippen LogP) is 2.07. The van der Waals surface area contributed by atoms with Gasteiger partial charge < -0.3 is 20.3 Å². The first-order valence-electron chi connectivity index (χ1n) is 10.1. The summed E-state index contributed by atoms with van der Waals surface area (Å²) in [6, 6.07) is 15.5. The van der Waals surface area contributed by atoms with Crippen molar-refractivity contribution in [2.24, 2.45) is 5.73 Å². The molecule has 2 unspecified atom stereocenters. The molecule has 31 heavy (non-hydrogen) atoms. The smallest absolute Gasteiger partial charge is 0.325 e. The highest BCUT2D eigenvalue weighted by atomic mass is 32.1. The number of nitrogens with two attached hydrogens (primary N) is 1. The minimum absolute atomic E-state index is 0.593. The summed E-state index contributed by atoms with van der Waals surface area (Å²) >= 11 is 4.28. The Morgan fingerprint density at radius 1 is 1.13 bits per heavy atom. The second-order valence-corrected chi connectivity index (χ2v) is 7.69. The Kier molecular flexibility index (Phi) is 10.6. The van der Waals surface area contributed by atoms with Gasteiger partial charge in [0.2, 0.25) is 0 Å². The van der Waals surface area contributed by atoms with Crippen LogP contribution in [0.5, 0.6) is 0 Å². The van der Waals surface area contributed by atoms with Gasteiger partial charge in [-0.05, 0) is 48.9 Å². The third-order valence-corrected chi connectivity index (χ3v) is 4.97. The van der Waals surface area contributed by atoms with Crippen molar-refractivity contribution in [3.8, 4) is 11.8 Å². The number of methoxy groups -OCH3 is 1. The summed E-state index contributed by atoms with van der Waals surface area (Å²) < 4.78 is 9.62. The van der Waals surface area contributed by atoms with Crippen LogP contribution in [0.4, 0.5) is 0 Å². The molecule has 0 aromatic heterocycles. The van der Waals surface area contributed by atoms with Crippen LogP contribution in [-0.2, 0) is 20.8 Å². The average molecular weight is 443 g/mol. The first-order chi connectivity index (χ1) is 14.9. The van der Waals surface area contributed by atoms with E-state index >= 15 is 0 Å². The lowest BCUT2D eigenvalue weighted by Gasteiger charge is -2.26. The van der Waals surface area contributed by atoms with Gasteiger partial charge in [-0.1, -0.05) is 24.0 Å². The largest absolute Gasteiger partial charge is 0.468 e. The molecule has 1 aliphatic rings. The van der Waals surface area contributed by atoms with Crippen LogP contribution in [0.2, 0.25) is 0 Å². The van der Waals surface area contributed by atoms with E-state index in [1.807, 2.05) is 24.3 Å². The maximum absolute atomic E-state index is 10.4. The number of nitrogens with zero attached hydrogens (tertiary/aromatic N) is 1. The molecule has 6 nitrogen and oxygen atoms in total. The van der Waals surface area contributed by atoms with Crippen LogP contribution in [0, 0.1) is 11.8 Å². The van der Waals surface area contributed by atoms with E-state index in [1.54, 1.807) is 0 Å². The number of morpholine rings is 1. The molecule has 0 spiro atoms. The summed E-state index contributed by atoms with van der Waals surface area (Å²) in [7, 11) is 1.23. The van der Waals surface area contributed by atoms with Gasteiger partial charge in [-0.2, -0.15) is 0 Å². The van der Waals surface area contributed by atoms with Gasteiger partial charge in [-0.25, -0.2) is 0 Å². The van der Waals surface area contributed by atoms with Crippen LogP contribution in [0.25, 0.3) is 0 Å². The molecule has 1 saturated heterocycles. The molecule has 1 fully saturated rings. The zero-order chi connectivity index (χ0) is 22.6. The minimum atomic E-state index is -0.921. The first-order valence-corrected chi connectivity index (χ1v) is 10.6. The SMILES string of the molecule is COC(=O)C(N)C(C)O.Sc1ccc(C#Cc2ccc(CN3CCOCC3)cc2)cc1. The third-order valence-electron chi connectivity index (χ3n) is 4.68. The number of ether oxygens (including phenoxy) is 2. The van der Waals surface area contributed by atoms with Crippen LogP contribution in [-0.4, -0.2) is 61.5 Å². The summed E-state index contributed by atoms with van der Waals surface area (Å²) in [5, 5.41) is 8.70. The summed E-state index contributed by atoms with van der Waals surface area (Å²) in [5.41, 5.74) is 8.52. The van der Waals surface area contributed by atoms with E-state index in [0.717, 1.165) is 48.9 Å². The molecular weight excluding hydrogens is 412 g/mol. The number of aliphatic hydroxyl groups excluding tert-OH is 1. The maximum Gasteiger partial charge on any atom is 0.325 e. The molecule has 0 amide bonds. The highest BCUT2D eigenvalue weighted by Crippen LogP contribution is 2.10. The summed E-state index contributed by atoms with van der Waals surface area (Å²) in [4.78, 5) is 13.8. The molecule has 0 bridgehead atoms. The van der Waals surface area contributed by atoms with Crippen molar-refractivity contribution >= 4 is 18.6 Å². The monoisotopic (exact) mass is 442 g/mol. The fourth-order valence-corrected chi connectivity index (χ4v) is 2.88. The fraction of sp³-hybridized carbons (Fsp3) is 0.375. The lowest BCUT2D eigenvalue weighted by molar-refractivity contribution is -0.144. The zero-order valence-corrected chi connectivity index (χ0v) is 18.8. The van der Waals surface area contributed by atoms with Crippen LogP contribution in [0.3, 0.4) is 0 Å². The predicted molar refractivity (Wildman–Crippen MR) is 124 cm³/mol. The Bertz CT molecular complexity index is 867. The van der Waals surface area contributed by atoms with Gasteiger partial charge in [-0.15, -0.1) is 12.6 Å². The van der Waals surface area contributed by atoms with Crippen molar-refractivity contribution in [3.63, 3.8) is 0 Å². The van der Waals surface area contributed by atoms with Gasteiger partial charge in [-0.3, -0.25) is 9.69 Å². The summed E-state index contributed by atoms with van der Waals surface area (Å²) in [5.74, 6) is 5.79. The first kappa shape index (κ1) is 24.9. The van der Waals surface area contributed by atoms with E-state index in [2.05, 4.69) is 58.4 Å². The van der Waals surface area contributed by atoms with Crippen LogP contribution in [0.1, 0.15) is 23.6 Å². The molecule has 1 aliphatic heterocycles. The second-order valence-electron chi connectivity index (χ2n) is 7.17. The number of benzene rings is 2. The Morgan fingerprint density at radius 2 is 1.65 bits per heavy atom. The number of thiol groups is 1. The average Bonchev–Trinajstić information content (AvgIpc) is 2.79. The van der Waals surface area contributed by atoms with Gasteiger partial charge in [0.15, 0.2) is 0 Å². The Labute approximate surface area is 189 Å². The lowest BCUT2D eigenvalue weighted by Crippen LogP contribution is -2.40. The van der Waals surface area contributed by atoms with Crippen molar-refractivity contribution in [2.75, 3.05) is 33.4 Å². The topological polar surface area (TPSA) is 85.0 Å². The number of hydrogen-bond acceptors (Lipinski definition) is 7. The summed E-state index contributed by atoms with van der Waals surface area (Å²) in [6.07, 6.45) is -0.850. The number of carbonyl (C=O) groups is 1. The molecule has 7 heteroatoms. The van der Waals surface area contributed by atoms with Crippen molar-refractivity contribution in [1.29, 1.82) is 0 Å². The maximum atomic E-state index is 10.4. The Hall–Kier alpha value is -2.34. The molecule has 0 radical (unpaired) electrons. The second kappa shape index (κ2) is 13.2. The number of carbonyl (C=O) groups excluding carboxylic acids is 1. The molecule has 0 aliphatic carbocycles. The molecule has 3 rings (SSSR count). The molecule has 2 aromatic rings. The van der Waals surface area contributed by atoms with Crippen molar-refractivity contribution in [3.05, 3.63) is 65.2 Å². The molecule has 166 valence electrons. The molecule has 2 atom stereocenters. The van der Waals surface area contributed by atoms with Crippen molar-refractivity contribution in [1.82, 2.24) is 4.90 Å². The van der Waals surface area contributed by atoms with E-state index in [4.69, 9.17) is 15.6 Å². The molecule has 1 heterocycles. The Balaban J connectivity index is 0.000000323. The molecule has 2 aromatic carbocycles. The van der Waals surface area contributed by atoms with Gasteiger partial charge in [0, 0.05) is 35.7 Å². The number of aliphatic hydroxyl groups is 1. The van der Waals surface area contributed by atoms with E-state index in [-0.39, 0.29) is 0 Å². The lowest BCUT2D eigenvalue weighted by atomic mass is 10.1. The summed E-state index contributed by atoms with van der Waals surface area (Å²) in [6.45, 7) is 6.14. The van der Waals surface area contributed by atoms with Gasteiger partial charge >= 0.3 is 5.97 Å². The highest BCUT2D eigenvalue weighted by molar-refractivity contribution is 7.80. The number of rotatable bonds is 4. The van der Waals surface area contributed by atoms with Gasteiger partial charge in [0.25, 0.3) is 0 Å². The van der Waals surface area contributed by atoms with Crippen molar-refractivity contribution in [2.45, 2.75) is 30.5 Å². The van der Waals surface area contributed by atoms with E-state index in [0.29, 0.717) is 0 Å². The third kappa shape index (κ3) is 9.13.